The predicted molar refractivity (Wildman–Crippen MR) is 83.2 cm³/mol. The number of anilines is 1. The second-order valence-corrected chi connectivity index (χ2v) is 7.04. The maximum atomic E-state index is 11.2. The zero-order valence-corrected chi connectivity index (χ0v) is 13.0. The molecule has 0 aliphatic heterocycles. The topological polar surface area (TPSA) is 72.6 Å². The molecule has 0 saturated carbocycles. The summed E-state index contributed by atoms with van der Waals surface area (Å²) >= 11 is 0. The van der Waals surface area contributed by atoms with E-state index in [1.165, 1.54) is 6.26 Å². The molecule has 0 bridgehead atoms. The van der Waals surface area contributed by atoms with Crippen LogP contribution in [0.2, 0.25) is 0 Å². The molecular weight excluding hydrogens is 276 g/mol. The minimum atomic E-state index is -2.92. The molecule has 5 nitrogen and oxygen atoms in total. The van der Waals surface area contributed by atoms with Crippen molar-refractivity contribution in [1.82, 2.24) is 0 Å². The number of hydrogen-bond acceptors (Lipinski definition) is 5. The lowest BCUT2D eigenvalue weighted by molar-refractivity contribution is 0.414. The van der Waals surface area contributed by atoms with Gasteiger partial charge in [0.1, 0.15) is 15.6 Å². The van der Waals surface area contributed by atoms with E-state index in [0.717, 1.165) is 24.4 Å². The Labute approximate surface area is 121 Å². The lowest BCUT2D eigenvalue weighted by Gasteiger charge is -2.26. The van der Waals surface area contributed by atoms with Crippen LogP contribution in [-0.4, -0.2) is 47.2 Å². The third-order valence-corrected chi connectivity index (χ3v) is 4.03. The predicted octanol–water partition coefficient (Wildman–Crippen LogP) is 1.29. The second kappa shape index (κ2) is 8.11. The Hall–Kier alpha value is -1.27. The third-order valence-electron chi connectivity index (χ3n) is 3.00. The summed E-state index contributed by atoms with van der Waals surface area (Å²) in [6, 6.07) is 7.75. The Morgan fingerprint density at radius 3 is 2.45 bits per heavy atom. The molecule has 0 aromatic heterocycles. The molecule has 1 aromatic carbocycles. The van der Waals surface area contributed by atoms with Gasteiger partial charge in [0.05, 0.1) is 18.6 Å². The molecule has 0 heterocycles. The molecule has 6 heteroatoms. The number of hydrogen-bond donors (Lipinski definition) is 1. The van der Waals surface area contributed by atoms with Gasteiger partial charge in [0.15, 0.2) is 0 Å². The van der Waals surface area contributed by atoms with E-state index in [9.17, 15) is 8.42 Å². The minimum Gasteiger partial charge on any atom is -0.495 e. The smallest absolute Gasteiger partial charge is 0.147 e. The second-order valence-electron chi connectivity index (χ2n) is 4.78. The van der Waals surface area contributed by atoms with E-state index >= 15 is 0 Å². The van der Waals surface area contributed by atoms with E-state index in [4.69, 9.17) is 10.5 Å². The molecule has 114 valence electrons. The van der Waals surface area contributed by atoms with Gasteiger partial charge < -0.3 is 15.4 Å². The molecule has 0 aliphatic carbocycles. The van der Waals surface area contributed by atoms with Crippen LogP contribution in [-0.2, 0) is 9.84 Å². The number of methoxy groups -OCH3 is 1. The van der Waals surface area contributed by atoms with Crippen LogP contribution >= 0.6 is 0 Å². The van der Waals surface area contributed by atoms with Gasteiger partial charge in [-0.3, -0.25) is 0 Å². The van der Waals surface area contributed by atoms with Gasteiger partial charge in [-0.25, -0.2) is 8.42 Å². The van der Waals surface area contributed by atoms with E-state index in [1.807, 2.05) is 24.3 Å². The fraction of sp³-hybridized carbons (Fsp3) is 0.571. The molecular formula is C14H24N2O3S. The molecule has 0 aliphatic rings. The Morgan fingerprint density at radius 1 is 1.20 bits per heavy atom. The summed E-state index contributed by atoms with van der Waals surface area (Å²) in [7, 11) is -1.29. The van der Waals surface area contributed by atoms with Gasteiger partial charge >= 0.3 is 0 Å². The number of para-hydroxylation sites is 2. The molecule has 0 saturated heterocycles. The summed E-state index contributed by atoms with van der Waals surface area (Å²) in [6.07, 6.45) is 2.72. The summed E-state index contributed by atoms with van der Waals surface area (Å²) in [6.45, 7) is 2.08. The molecule has 0 unspecified atom stereocenters. The molecule has 0 amide bonds. The number of nitrogens with two attached hydrogens (primary N) is 1. The van der Waals surface area contributed by atoms with Gasteiger partial charge in [0.2, 0.25) is 0 Å². The van der Waals surface area contributed by atoms with Gasteiger partial charge in [-0.15, -0.1) is 0 Å². The normalized spacial score (nSPS) is 11.3. The van der Waals surface area contributed by atoms with Crippen molar-refractivity contribution < 1.29 is 13.2 Å². The lowest BCUT2D eigenvalue weighted by atomic mass is 10.2. The Bertz CT molecular complexity index is 503. The lowest BCUT2D eigenvalue weighted by Crippen LogP contribution is -2.28. The van der Waals surface area contributed by atoms with Crippen LogP contribution in [0, 0.1) is 0 Å². The van der Waals surface area contributed by atoms with Crippen molar-refractivity contribution in [3.8, 4) is 5.75 Å². The molecule has 1 rings (SSSR count). The number of nitrogens with zero attached hydrogens (tertiary/aromatic N) is 1. The zero-order chi connectivity index (χ0) is 15.0. The van der Waals surface area contributed by atoms with Gasteiger partial charge in [0.25, 0.3) is 0 Å². The standard InChI is InChI=1S/C14H24N2O3S/c1-19-14-8-4-3-7-13(14)16(10-5-9-15)11-6-12-20(2,17)18/h3-4,7-8H,5-6,9-12,15H2,1-2H3. The Morgan fingerprint density at radius 2 is 1.85 bits per heavy atom. The van der Waals surface area contributed by atoms with Crippen molar-refractivity contribution in [3.05, 3.63) is 24.3 Å². The molecule has 2 N–H and O–H groups in total. The van der Waals surface area contributed by atoms with E-state index in [0.29, 0.717) is 19.5 Å². The van der Waals surface area contributed by atoms with Crippen molar-refractivity contribution in [1.29, 1.82) is 0 Å². The van der Waals surface area contributed by atoms with Gasteiger partial charge in [-0.1, -0.05) is 12.1 Å². The molecule has 0 spiro atoms. The summed E-state index contributed by atoms with van der Waals surface area (Å²) in [5.41, 5.74) is 6.55. The minimum absolute atomic E-state index is 0.196. The largest absolute Gasteiger partial charge is 0.495 e. The van der Waals surface area contributed by atoms with Crippen LogP contribution in [0.15, 0.2) is 24.3 Å². The quantitative estimate of drug-likeness (QED) is 0.744. The average Bonchev–Trinajstić information content (AvgIpc) is 2.41. The number of ether oxygens (including phenoxy) is 1. The number of benzene rings is 1. The van der Waals surface area contributed by atoms with Gasteiger partial charge in [-0.2, -0.15) is 0 Å². The molecule has 20 heavy (non-hydrogen) atoms. The molecule has 0 atom stereocenters. The molecule has 0 radical (unpaired) electrons. The monoisotopic (exact) mass is 300 g/mol. The SMILES string of the molecule is COc1ccccc1N(CCCN)CCCS(C)(=O)=O. The first-order valence-electron chi connectivity index (χ1n) is 6.73. The van der Waals surface area contributed by atoms with Crippen molar-refractivity contribution in [2.24, 2.45) is 5.73 Å². The van der Waals surface area contributed by atoms with Crippen molar-refractivity contribution >= 4 is 15.5 Å². The average molecular weight is 300 g/mol. The fourth-order valence-corrected chi connectivity index (χ4v) is 2.70. The van der Waals surface area contributed by atoms with E-state index in [2.05, 4.69) is 4.90 Å². The number of rotatable bonds is 9. The van der Waals surface area contributed by atoms with Crippen LogP contribution in [0.1, 0.15) is 12.8 Å². The summed E-state index contributed by atoms with van der Waals surface area (Å²) < 4.78 is 27.8. The van der Waals surface area contributed by atoms with Crippen LogP contribution in [0.5, 0.6) is 5.75 Å². The van der Waals surface area contributed by atoms with Crippen LogP contribution in [0.25, 0.3) is 0 Å². The maximum absolute atomic E-state index is 11.2. The van der Waals surface area contributed by atoms with Gasteiger partial charge in [-0.05, 0) is 31.5 Å². The highest BCUT2D eigenvalue weighted by molar-refractivity contribution is 7.90. The first kappa shape index (κ1) is 16.8. The highest BCUT2D eigenvalue weighted by Gasteiger charge is 2.12. The van der Waals surface area contributed by atoms with Crippen molar-refractivity contribution in [2.75, 3.05) is 43.7 Å². The maximum Gasteiger partial charge on any atom is 0.147 e. The molecule has 0 fully saturated rings. The van der Waals surface area contributed by atoms with Crippen molar-refractivity contribution in [3.63, 3.8) is 0 Å². The summed E-state index contributed by atoms with van der Waals surface area (Å²) in [5, 5.41) is 0. The van der Waals surface area contributed by atoms with Crippen LogP contribution < -0.4 is 15.4 Å². The summed E-state index contributed by atoms with van der Waals surface area (Å²) in [5.74, 6) is 0.991. The third kappa shape index (κ3) is 5.79. The first-order valence-corrected chi connectivity index (χ1v) is 8.79. The highest BCUT2D eigenvalue weighted by Crippen LogP contribution is 2.27. The Kier molecular flexibility index (Phi) is 6.81. The van der Waals surface area contributed by atoms with E-state index < -0.39 is 9.84 Å². The van der Waals surface area contributed by atoms with E-state index in [-0.39, 0.29) is 5.75 Å². The first-order chi connectivity index (χ1) is 9.48. The Balaban J connectivity index is 2.77. The van der Waals surface area contributed by atoms with E-state index in [1.54, 1.807) is 7.11 Å². The van der Waals surface area contributed by atoms with Crippen molar-refractivity contribution in [2.45, 2.75) is 12.8 Å². The molecule has 1 aromatic rings. The summed E-state index contributed by atoms with van der Waals surface area (Å²) in [4.78, 5) is 2.14. The highest BCUT2D eigenvalue weighted by atomic mass is 32.2. The zero-order valence-electron chi connectivity index (χ0n) is 12.2. The number of sulfone groups is 1. The fourth-order valence-electron chi connectivity index (χ4n) is 2.04. The van der Waals surface area contributed by atoms with Crippen LogP contribution in [0.4, 0.5) is 5.69 Å². The van der Waals surface area contributed by atoms with Crippen LogP contribution in [0.3, 0.4) is 0 Å². The van der Waals surface area contributed by atoms with Gasteiger partial charge in [0, 0.05) is 19.3 Å².